The van der Waals surface area contributed by atoms with E-state index in [1.165, 1.54) is 18.2 Å². The number of hydrogen-bond donors (Lipinski definition) is 1. The zero-order chi connectivity index (χ0) is 15.7. The monoisotopic (exact) mass is 317 g/mol. The molecule has 3 aromatic rings. The fourth-order valence-corrected chi connectivity index (χ4v) is 3.36. The van der Waals surface area contributed by atoms with Crippen LogP contribution >= 0.6 is 11.3 Å². The Morgan fingerprint density at radius 3 is 2.64 bits per heavy atom. The number of hydrogen-bond acceptors (Lipinski definition) is 4. The maximum Gasteiger partial charge on any atom is 0.349 e. The van der Waals surface area contributed by atoms with Gasteiger partial charge in [0.05, 0.1) is 6.61 Å². The second-order valence-corrected chi connectivity index (χ2v) is 5.62. The van der Waals surface area contributed by atoms with E-state index in [0.29, 0.717) is 20.8 Å². The van der Waals surface area contributed by atoms with Gasteiger partial charge in [-0.3, -0.25) is 4.79 Å². The molecule has 0 saturated carbocycles. The van der Waals surface area contributed by atoms with Gasteiger partial charge in [-0.15, -0.1) is 11.3 Å². The molecule has 0 unspecified atom stereocenters. The zero-order valence-electron chi connectivity index (χ0n) is 11.7. The minimum Gasteiger partial charge on any atom is -0.462 e. The third kappa shape index (κ3) is 2.53. The van der Waals surface area contributed by atoms with Crippen molar-refractivity contribution in [3.8, 4) is 11.1 Å². The van der Waals surface area contributed by atoms with Crippen LogP contribution < -0.4 is 5.56 Å². The fourth-order valence-electron chi connectivity index (χ4n) is 2.25. The Bertz CT molecular complexity index is 896. The quantitative estimate of drug-likeness (QED) is 0.751. The van der Waals surface area contributed by atoms with Crippen LogP contribution in [-0.2, 0) is 4.74 Å². The van der Waals surface area contributed by atoms with Crippen LogP contribution in [0.25, 0.3) is 21.3 Å². The van der Waals surface area contributed by atoms with Gasteiger partial charge in [0.1, 0.15) is 15.5 Å². The lowest BCUT2D eigenvalue weighted by atomic mass is 10.0. The highest BCUT2D eigenvalue weighted by molar-refractivity contribution is 7.21. The van der Waals surface area contributed by atoms with Crippen molar-refractivity contribution in [2.75, 3.05) is 6.61 Å². The van der Waals surface area contributed by atoms with Gasteiger partial charge >= 0.3 is 5.97 Å². The highest BCUT2D eigenvalue weighted by atomic mass is 32.1. The lowest BCUT2D eigenvalue weighted by Crippen LogP contribution is -2.03. The van der Waals surface area contributed by atoms with Crippen molar-refractivity contribution >= 4 is 27.5 Å². The van der Waals surface area contributed by atoms with Crippen LogP contribution in [0, 0.1) is 5.82 Å². The molecule has 1 aromatic carbocycles. The smallest absolute Gasteiger partial charge is 0.349 e. The van der Waals surface area contributed by atoms with Crippen molar-refractivity contribution in [1.82, 2.24) is 4.98 Å². The average molecular weight is 317 g/mol. The first-order chi connectivity index (χ1) is 10.6. The van der Waals surface area contributed by atoms with Crippen LogP contribution in [-0.4, -0.2) is 17.6 Å². The zero-order valence-corrected chi connectivity index (χ0v) is 12.5. The Morgan fingerprint density at radius 1 is 1.23 bits per heavy atom. The van der Waals surface area contributed by atoms with Gasteiger partial charge in [-0.05, 0) is 30.7 Å². The number of fused-ring (bicyclic) bond motifs is 1. The molecule has 0 radical (unpaired) electrons. The molecular weight excluding hydrogens is 305 g/mol. The van der Waals surface area contributed by atoms with E-state index in [1.807, 2.05) is 0 Å². The highest BCUT2D eigenvalue weighted by Gasteiger charge is 2.21. The minimum atomic E-state index is -0.455. The van der Waals surface area contributed by atoms with E-state index in [0.717, 1.165) is 16.7 Å². The number of nitrogens with one attached hydrogen (secondary N) is 1. The van der Waals surface area contributed by atoms with E-state index in [9.17, 15) is 14.0 Å². The number of ether oxygens (including phenoxy) is 1. The summed E-state index contributed by atoms with van der Waals surface area (Å²) < 4.78 is 18.2. The molecule has 0 spiro atoms. The number of halogens is 1. The SMILES string of the molecule is CCOC(=O)c1sc2[nH]c(=O)ccc2c1-c1ccc(F)cc1. The Hall–Kier alpha value is -2.47. The van der Waals surface area contributed by atoms with E-state index in [-0.39, 0.29) is 18.0 Å². The maximum atomic E-state index is 13.1. The van der Waals surface area contributed by atoms with E-state index in [4.69, 9.17) is 4.74 Å². The van der Waals surface area contributed by atoms with Crippen molar-refractivity contribution in [2.45, 2.75) is 6.92 Å². The summed E-state index contributed by atoms with van der Waals surface area (Å²) in [6.45, 7) is 1.98. The molecule has 0 aliphatic rings. The summed E-state index contributed by atoms with van der Waals surface area (Å²) in [6, 6.07) is 8.93. The second-order valence-electron chi connectivity index (χ2n) is 4.60. The third-order valence-electron chi connectivity index (χ3n) is 3.18. The van der Waals surface area contributed by atoms with Gasteiger partial charge in [-0.2, -0.15) is 0 Å². The number of rotatable bonds is 3. The highest BCUT2D eigenvalue weighted by Crippen LogP contribution is 2.37. The number of pyridine rings is 1. The van der Waals surface area contributed by atoms with Gasteiger partial charge < -0.3 is 9.72 Å². The first-order valence-corrected chi connectivity index (χ1v) is 7.50. The standard InChI is InChI=1S/C16H12FNO3S/c1-2-21-16(20)14-13(9-3-5-10(17)6-4-9)11-7-8-12(19)18-15(11)22-14/h3-8H,2H2,1H3,(H,18,19). The van der Waals surface area contributed by atoms with E-state index in [2.05, 4.69) is 4.98 Å². The summed E-state index contributed by atoms with van der Waals surface area (Å²) in [5, 5.41) is 0.735. The summed E-state index contributed by atoms with van der Waals surface area (Å²) in [7, 11) is 0. The average Bonchev–Trinajstić information content (AvgIpc) is 2.87. The molecular formula is C16H12FNO3S. The predicted molar refractivity (Wildman–Crippen MR) is 83.8 cm³/mol. The largest absolute Gasteiger partial charge is 0.462 e. The number of H-pyrrole nitrogens is 1. The summed E-state index contributed by atoms with van der Waals surface area (Å²) in [5.74, 6) is -0.807. The lowest BCUT2D eigenvalue weighted by Gasteiger charge is -2.05. The molecule has 3 rings (SSSR count). The number of thiophene rings is 1. The molecule has 2 heterocycles. The van der Waals surface area contributed by atoms with Gasteiger partial charge in [-0.25, -0.2) is 9.18 Å². The number of carbonyl (C=O) groups excluding carboxylic acids is 1. The number of aromatic amines is 1. The van der Waals surface area contributed by atoms with Crippen LogP contribution in [0.5, 0.6) is 0 Å². The normalized spacial score (nSPS) is 10.8. The van der Waals surface area contributed by atoms with Gasteiger partial charge in [0, 0.05) is 17.0 Å². The van der Waals surface area contributed by atoms with Crippen molar-refractivity contribution in [1.29, 1.82) is 0 Å². The molecule has 0 aliphatic heterocycles. The molecule has 2 aromatic heterocycles. The van der Waals surface area contributed by atoms with Crippen LogP contribution in [0.4, 0.5) is 4.39 Å². The summed E-state index contributed by atoms with van der Waals surface area (Å²) >= 11 is 1.16. The molecule has 0 fully saturated rings. The summed E-state index contributed by atoms with van der Waals surface area (Å²) in [6.07, 6.45) is 0. The van der Waals surface area contributed by atoms with Crippen LogP contribution in [0.3, 0.4) is 0 Å². The van der Waals surface area contributed by atoms with Gasteiger partial charge in [0.25, 0.3) is 0 Å². The molecule has 0 saturated heterocycles. The topological polar surface area (TPSA) is 59.2 Å². The van der Waals surface area contributed by atoms with Crippen molar-refractivity contribution in [3.63, 3.8) is 0 Å². The molecule has 22 heavy (non-hydrogen) atoms. The van der Waals surface area contributed by atoms with Crippen LogP contribution in [0.1, 0.15) is 16.6 Å². The number of benzene rings is 1. The molecule has 6 heteroatoms. The second kappa shape index (κ2) is 5.73. The Morgan fingerprint density at radius 2 is 1.95 bits per heavy atom. The molecule has 0 aliphatic carbocycles. The molecule has 112 valence electrons. The Balaban J connectivity index is 2.28. The number of aromatic nitrogens is 1. The van der Waals surface area contributed by atoms with Crippen molar-refractivity contribution < 1.29 is 13.9 Å². The van der Waals surface area contributed by atoms with Crippen molar-refractivity contribution in [3.05, 3.63) is 57.4 Å². The molecule has 0 amide bonds. The van der Waals surface area contributed by atoms with E-state index in [1.54, 1.807) is 25.1 Å². The first kappa shape index (κ1) is 14.5. The summed E-state index contributed by atoms with van der Waals surface area (Å²) in [4.78, 5) is 27.3. The van der Waals surface area contributed by atoms with E-state index >= 15 is 0 Å². The lowest BCUT2D eigenvalue weighted by molar-refractivity contribution is 0.0533. The minimum absolute atomic E-state index is 0.241. The van der Waals surface area contributed by atoms with Gasteiger partial charge in [0.15, 0.2) is 0 Å². The first-order valence-electron chi connectivity index (χ1n) is 6.69. The van der Waals surface area contributed by atoms with Crippen molar-refractivity contribution in [2.24, 2.45) is 0 Å². The number of carbonyl (C=O) groups is 1. The van der Waals surface area contributed by atoms with Crippen LogP contribution in [0.2, 0.25) is 0 Å². The Labute approximate surface area is 129 Å². The molecule has 0 bridgehead atoms. The van der Waals surface area contributed by atoms with Crippen LogP contribution in [0.15, 0.2) is 41.2 Å². The third-order valence-corrected chi connectivity index (χ3v) is 4.28. The molecule has 0 atom stereocenters. The number of esters is 1. The Kier molecular flexibility index (Phi) is 3.77. The van der Waals surface area contributed by atoms with Gasteiger partial charge in [-0.1, -0.05) is 12.1 Å². The fraction of sp³-hybridized carbons (Fsp3) is 0.125. The maximum absolute atomic E-state index is 13.1. The molecule has 1 N–H and O–H groups in total. The van der Waals surface area contributed by atoms with E-state index < -0.39 is 5.97 Å². The van der Waals surface area contributed by atoms with Gasteiger partial charge in [0.2, 0.25) is 5.56 Å². The molecule has 4 nitrogen and oxygen atoms in total. The predicted octanol–water partition coefficient (Wildman–Crippen LogP) is 3.57. The summed E-state index contributed by atoms with van der Waals surface area (Å²) in [5.41, 5.74) is 1.10.